The number of imidazole rings is 1. The van der Waals surface area contributed by atoms with E-state index in [-0.39, 0.29) is 11.9 Å². The molecule has 3 heterocycles. The van der Waals surface area contributed by atoms with Crippen molar-refractivity contribution in [1.82, 2.24) is 19.6 Å². The molecule has 1 aliphatic rings. The van der Waals surface area contributed by atoms with Gasteiger partial charge in [-0.2, -0.15) is 23.4 Å². The number of benzene rings is 2. The van der Waals surface area contributed by atoms with Crippen LogP contribution in [0.2, 0.25) is 0 Å². The van der Waals surface area contributed by atoms with E-state index in [1.54, 1.807) is 28.1 Å². The van der Waals surface area contributed by atoms with E-state index in [9.17, 15) is 18.0 Å². The lowest BCUT2D eigenvalue weighted by atomic mass is 10.0. The van der Waals surface area contributed by atoms with Crippen molar-refractivity contribution in [1.29, 1.82) is 0 Å². The number of aryl methyl sites for hydroxylation is 1. The minimum absolute atomic E-state index is 0.0891. The Labute approximate surface area is 215 Å². The Hall–Kier alpha value is -4.98. The summed E-state index contributed by atoms with van der Waals surface area (Å²) in [5, 5.41) is 17.3. The first-order chi connectivity index (χ1) is 18.1. The zero-order chi connectivity index (χ0) is 27.3. The number of alkyl halides is 3. The maximum atomic E-state index is 13.2. The van der Waals surface area contributed by atoms with E-state index in [4.69, 9.17) is 9.90 Å². The Morgan fingerprint density at radius 3 is 2.50 bits per heavy atom. The smallest absolute Gasteiger partial charge is 0.475 e. The summed E-state index contributed by atoms with van der Waals surface area (Å²) in [5.41, 5.74) is 4.85. The Balaban J connectivity index is 0.000000426. The second kappa shape index (κ2) is 11.0. The standard InChI is InChI=1S/C25H19N5O.C2HF3O2/c1-18-9-10-21(25(31)30-23(13-15-28-30)19-6-3-2-4-7-19)16-20(18)11-12-22-17-26-24-8-5-14-27-29(22)24;3-2(4,5)1(6)7/h2-10,14-17,23H,13H2,1H3;(H,6,7). The Morgan fingerprint density at radius 1 is 1.05 bits per heavy atom. The van der Waals surface area contributed by atoms with E-state index in [1.165, 1.54) is 0 Å². The molecule has 4 aromatic rings. The summed E-state index contributed by atoms with van der Waals surface area (Å²) in [4.78, 5) is 26.4. The van der Waals surface area contributed by atoms with Crippen LogP contribution in [0.15, 0.2) is 78.2 Å². The zero-order valence-electron chi connectivity index (χ0n) is 19.9. The topological polar surface area (TPSA) is 100 Å². The summed E-state index contributed by atoms with van der Waals surface area (Å²) >= 11 is 0. The normalized spacial score (nSPS) is 14.4. The Morgan fingerprint density at radius 2 is 1.79 bits per heavy atom. The van der Waals surface area contributed by atoms with Crippen LogP contribution >= 0.6 is 0 Å². The highest BCUT2D eigenvalue weighted by Gasteiger charge is 2.38. The van der Waals surface area contributed by atoms with Gasteiger partial charge in [0, 0.05) is 30.0 Å². The SMILES string of the molecule is Cc1ccc(C(=O)N2N=CCC2c2ccccc2)cc1C#Cc1cnc2cccnn12.O=C(O)C(F)(F)F. The number of hydrogen-bond donors (Lipinski definition) is 1. The maximum absolute atomic E-state index is 13.2. The van der Waals surface area contributed by atoms with Gasteiger partial charge in [-0.15, -0.1) is 0 Å². The summed E-state index contributed by atoms with van der Waals surface area (Å²) in [6.07, 6.45) is 0.810. The van der Waals surface area contributed by atoms with Gasteiger partial charge in [0.1, 0.15) is 5.69 Å². The van der Waals surface area contributed by atoms with E-state index in [0.29, 0.717) is 17.7 Å². The summed E-state index contributed by atoms with van der Waals surface area (Å²) in [6, 6.07) is 19.2. The Bertz CT molecular complexity index is 1570. The fraction of sp³-hybridized carbons (Fsp3) is 0.148. The lowest BCUT2D eigenvalue weighted by Gasteiger charge is -2.22. The highest BCUT2D eigenvalue weighted by Crippen LogP contribution is 2.29. The molecule has 2 aromatic heterocycles. The fourth-order valence-corrected chi connectivity index (χ4v) is 3.63. The molecule has 8 nitrogen and oxygen atoms in total. The number of carboxylic acids is 1. The van der Waals surface area contributed by atoms with E-state index in [2.05, 4.69) is 27.0 Å². The molecule has 5 rings (SSSR count). The number of hydrazone groups is 1. The first-order valence-electron chi connectivity index (χ1n) is 11.3. The van der Waals surface area contributed by atoms with Gasteiger partial charge in [0.25, 0.3) is 5.91 Å². The molecule has 0 fully saturated rings. The third-order valence-electron chi connectivity index (χ3n) is 5.55. The van der Waals surface area contributed by atoms with Gasteiger partial charge < -0.3 is 5.11 Å². The lowest BCUT2D eigenvalue weighted by Crippen LogP contribution is -2.27. The van der Waals surface area contributed by atoms with Gasteiger partial charge in [0.15, 0.2) is 5.65 Å². The molecule has 11 heteroatoms. The largest absolute Gasteiger partial charge is 0.490 e. The molecule has 1 atom stereocenters. The second-order valence-electron chi connectivity index (χ2n) is 8.13. The monoisotopic (exact) mass is 519 g/mol. The molecular weight excluding hydrogens is 499 g/mol. The van der Waals surface area contributed by atoms with Crippen LogP contribution in [0.4, 0.5) is 13.2 Å². The molecule has 0 aliphatic carbocycles. The molecule has 38 heavy (non-hydrogen) atoms. The number of carbonyl (C=O) groups is 2. The van der Waals surface area contributed by atoms with Crippen molar-refractivity contribution < 1.29 is 27.9 Å². The number of aliphatic carboxylic acids is 1. The average Bonchev–Trinajstić information content (AvgIpc) is 3.56. The van der Waals surface area contributed by atoms with Crippen LogP contribution in [0.3, 0.4) is 0 Å². The number of halogens is 3. The van der Waals surface area contributed by atoms with Gasteiger partial charge in [-0.05, 0) is 48.2 Å². The van der Waals surface area contributed by atoms with Crippen LogP contribution in [0, 0.1) is 18.8 Å². The van der Waals surface area contributed by atoms with Crippen molar-refractivity contribution in [3.05, 3.63) is 101 Å². The minimum Gasteiger partial charge on any atom is -0.475 e. The van der Waals surface area contributed by atoms with Crippen molar-refractivity contribution in [3.63, 3.8) is 0 Å². The molecule has 2 aromatic carbocycles. The van der Waals surface area contributed by atoms with Gasteiger partial charge in [-0.1, -0.05) is 42.3 Å². The van der Waals surface area contributed by atoms with Crippen LogP contribution < -0.4 is 0 Å². The lowest BCUT2D eigenvalue weighted by molar-refractivity contribution is -0.192. The molecule has 0 radical (unpaired) electrons. The van der Waals surface area contributed by atoms with Gasteiger partial charge in [0.05, 0.1) is 12.2 Å². The predicted octanol–water partition coefficient (Wildman–Crippen LogP) is 4.64. The zero-order valence-corrected chi connectivity index (χ0v) is 19.9. The van der Waals surface area contributed by atoms with Crippen molar-refractivity contribution in [2.24, 2.45) is 5.10 Å². The van der Waals surface area contributed by atoms with E-state index >= 15 is 0 Å². The highest BCUT2D eigenvalue weighted by molar-refractivity contribution is 5.96. The third-order valence-corrected chi connectivity index (χ3v) is 5.55. The molecular formula is C27H20F3N5O3. The number of fused-ring (bicyclic) bond motifs is 1. The van der Waals surface area contributed by atoms with Gasteiger partial charge in [0.2, 0.25) is 0 Å². The Kier molecular flexibility index (Phi) is 7.53. The quantitative estimate of drug-likeness (QED) is 0.389. The van der Waals surface area contributed by atoms with Crippen molar-refractivity contribution in [3.8, 4) is 11.8 Å². The van der Waals surface area contributed by atoms with Crippen LogP contribution in [0.1, 0.15) is 45.2 Å². The molecule has 192 valence electrons. The van der Waals surface area contributed by atoms with Crippen molar-refractivity contribution in [2.75, 3.05) is 0 Å². The first kappa shape index (κ1) is 26.1. The van der Waals surface area contributed by atoms with E-state index in [0.717, 1.165) is 22.3 Å². The number of nitrogens with zero attached hydrogens (tertiary/aromatic N) is 5. The average molecular weight is 519 g/mol. The maximum Gasteiger partial charge on any atom is 0.490 e. The summed E-state index contributed by atoms with van der Waals surface area (Å²) in [5.74, 6) is 3.41. The highest BCUT2D eigenvalue weighted by atomic mass is 19.4. The molecule has 1 N–H and O–H groups in total. The molecule has 1 amide bonds. The first-order valence-corrected chi connectivity index (χ1v) is 11.3. The minimum atomic E-state index is -5.08. The molecule has 0 spiro atoms. The van der Waals surface area contributed by atoms with Crippen molar-refractivity contribution in [2.45, 2.75) is 25.6 Å². The van der Waals surface area contributed by atoms with Crippen LogP contribution in [-0.2, 0) is 4.79 Å². The summed E-state index contributed by atoms with van der Waals surface area (Å²) < 4.78 is 33.4. The van der Waals surface area contributed by atoms with Gasteiger partial charge in [-0.25, -0.2) is 19.3 Å². The number of rotatable bonds is 2. The predicted molar refractivity (Wildman–Crippen MR) is 132 cm³/mol. The van der Waals surface area contributed by atoms with Crippen LogP contribution in [0.25, 0.3) is 5.65 Å². The summed E-state index contributed by atoms with van der Waals surface area (Å²) in [7, 11) is 0. The fourth-order valence-electron chi connectivity index (χ4n) is 3.63. The van der Waals surface area contributed by atoms with E-state index in [1.807, 2.05) is 67.6 Å². The third kappa shape index (κ3) is 5.87. The number of aromatic nitrogens is 3. The molecule has 0 saturated heterocycles. The van der Waals surface area contributed by atoms with Gasteiger partial charge >= 0.3 is 12.1 Å². The van der Waals surface area contributed by atoms with Crippen molar-refractivity contribution >= 4 is 23.7 Å². The summed E-state index contributed by atoms with van der Waals surface area (Å²) in [6.45, 7) is 1.98. The van der Waals surface area contributed by atoms with Crippen LogP contribution in [0.5, 0.6) is 0 Å². The van der Waals surface area contributed by atoms with E-state index < -0.39 is 12.1 Å². The molecule has 0 saturated carbocycles. The second-order valence-corrected chi connectivity index (χ2v) is 8.13. The number of hydrogen-bond acceptors (Lipinski definition) is 5. The molecule has 1 aliphatic heterocycles. The molecule has 0 bridgehead atoms. The number of amides is 1. The number of carboxylic acid groups (broad SMARTS) is 1. The van der Waals surface area contributed by atoms with Gasteiger partial charge in [-0.3, -0.25) is 4.79 Å². The molecule has 1 unspecified atom stereocenters. The number of carbonyl (C=O) groups excluding carboxylic acids is 1. The van der Waals surface area contributed by atoms with Crippen LogP contribution in [-0.4, -0.2) is 49.0 Å².